The van der Waals surface area contributed by atoms with Crippen LogP contribution in [0.4, 0.5) is 5.13 Å². The lowest BCUT2D eigenvalue weighted by molar-refractivity contribution is -0.125. The molecule has 0 N–H and O–H groups in total. The number of amides is 1. The Morgan fingerprint density at radius 1 is 1.45 bits per heavy atom. The van der Waals surface area contributed by atoms with Gasteiger partial charge in [0.1, 0.15) is 0 Å². The fourth-order valence-corrected chi connectivity index (χ4v) is 3.50. The Labute approximate surface area is 134 Å². The molecule has 0 aromatic carbocycles. The van der Waals surface area contributed by atoms with E-state index in [2.05, 4.69) is 20.9 Å². The summed E-state index contributed by atoms with van der Waals surface area (Å²) < 4.78 is 0. The van der Waals surface area contributed by atoms with Crippen molar-refractivity contribution in [3.8, 4) is 0 Å². The minimum Gasteiger partial charge on any atom is -0.290 e. The van der Waals surface area contributed by atoms with Crippen molar-refractivity contribution in [3.05, 3.63) is 41.7 Å². The van der Waals surface area contributed by atoms with Crippen LogP contribution in [0.2, 0.25) is 0 Å². The highest BCUT2D eigenvalue weighted by molar-refractivity contribution is 7.13. The summed E-state index contributed by atoms with van der Waals surface area (Å²) in [5.74, 6) is 0.138. The van der Waals surface area contributed by atoms with Crippen molar-refractivity contribution in [2.45, 2.75) is 31.8 Å². The first-order valence-electron chi connectivity index (χ1n) is 7.56. The first-order valence-corrected chi connectivity index (χ1v) is 8.43. The summed E-state index contributed by atoms with van der Waals surface area (Å²) in [6, 6.07) is 3.94. The van der Waals surface area contributed by atoms with E-state index in [1.54, 1.807) is 17.3 Å². The lowest BCUT2D eigenvalue weighted by Gasteiger charge is -2.36. The summed E-state index contributed by atoms with van der Waals surface area (Å²) in [7, 11) is 1.82. The molecule has 1 aliphatic heterocycles. The molecular formula is C16H20N4OS. The standard InChI is InChI=1S/C16H20N4OS/c1-19(16-18-8-10-22-16)15(21)14-6-2-3-9-20(14)12-13-5-4-7-17-11-13/h4-5,7-8,10-11,14H,2-3,6,9,12H2,1H3. The van der Waals surface area contributed by atoms with Crippen molar-refractivity contribution in [1.82, 2.24) is 14.9 Å². The number of pyridine rings is 1. The van der Waals surface area contributed by atoms with Gasteiger partial charge in [-0.15, -0.1) is 11.3 Å². The van der Waals surface area contributed by atoms with Crippen LogP contribution >= 0.6 is 11.3 Å². The van der Waals surface area contributed by atoms with Gasteiger partial charge in [0.2, 0.25) is 5.91 Å². The Morgan fingerprint density at radius 3 is 3.09 bits per heavy atom. The van der Waals surface area contributed by atoms with Crippen LogP contribution in [0.15, 0.2) is 36.1 Å². The SMILES string of the molecule is CN(C(=O)C1CCCCN1Cc1cccnc1)c1nccs1. The number of likely N-dealkylation sites (N-methyl/N-ethyl adjacent to an activating group) is 1. The van der Waals surface area contributed by atoms with E-state index in [9.17, 15) is 4.79 Å². The zero-order valence-corrected chi connectivity index (χ0v) is 13.5. The van der Waals surface area contributed by atoms with Gasteiger partial charge in [0.05, 0.1) is 6.04 Å². The van der Waals surface area contributed by atoms with Gasteiger partial charge in [-0.05, 0) is 31.0 Å². The van der Waals surface area contributed by atoms with Crippen LogP contribution in [0.5, 0.6) is 0 Å². The number of carbonyl (C=O) groups is 1. The van der Waals surface area contributed by atoms with E-state index >= 15 is 0 Å². The summed E-state index contributed by atoms with van der Waals surface area (Å²) in [5.41, 5.74) is 1.15. The van der Waals surface area contributed by atoms with E-state index in [4.69, 9.17) is 0 Å². The van der Waals surface area contributed by atoms with Gasteiger partial charge >= 0.3 is 0 Å². The Balaban J connectivity index is 1.73. The quantitative estimate of drug-likeness (QED) is 0.870. The van der Waals surface area contributed by atoms with E-state index < -0.39 is 0 Å². The first-order chi connectivity index (χ1) is 10.8. The zero-order chi connectivity index (χ0) is 15.4. The number of hydrogen-bond donors (Lipinski definition) is 0. The van der Waals surface area contributed by atoms with Gasteiger partial charge in [-0.25, -0.2) is 4.98 Å². The molecule has 1 amide bonds. The van der Waals surface area contributed by atoms with Crippen LogP contribution in [-0.2, 0) is 11.3 Å². The molecule has 6 heteroatoms. The topological polar surface area (TPSA) is 49.3 Å². The summed E-state index contributed by atoms with van der Waals surface area (Å²) in [4.78, 5) is 25.2. The number of nitrogens with zero attached hydrogens (tertiary/aromatic N) is 4. The molecule has 1 fully saturated rings. The zero-order valence-electron chi connectivity index (χ0n) is 12.7. The minimum absolute atomic E-state index is 0.0668. The molecule has 116 valence electrons. The molecule has 2 aromatic rings. The maximum Gasteiger partial charge on any atom is 0.245 e. The number of piperidine rings is 1. The largest absolute Gasteiger partial charge is 0.290 e. The molecule has 0 aliphatic carbocycles. The Bertz CT molecular complexity index is 602. The molecule has 22 heavy (non-hydrogen) atoms. The molecule has 0 saturated carbocycles. The number of anilines is 1. The smallest absolute Gasteiger partial charge is 0.245 e. The van der Waals surface area contributed by atoms with Crippen molar-refractivity contribution in [1.29, 1.82) is 0 Å². The van der Waals surface area contributed by atoms with Crippen molar-refractivity contribution >= 4 is 22.4 Å². The van der Waals surface area contributed by atoms with Gasteiger partial charge < -0.3 is 0 Å². The van der Waals surface area contributed by atoms with Crippen LogP contribution in [-0.4, -0.2) is 40.4 Å². The van der Waals surface area contributed by atoms with Crippen LogP contribution in [0.1, 0.15) is 24.8 Å². The Kier molecular flexibility index (Phi) is 4.80. The molecular weight excluding hydrogens is 296 g/mol. The minimum atomic E-state index is -0.0668. The molecule has 2 aromatic heterocycles. The van der Waals surface area contributed by atoms with Gasteiger partial charge in [0.25, 0.3) is 0 Å². The maximum atomic E-state index is 12.8. The fraction of sp³-hybridized carbons (Fsp3) is 0.438. The van der Waals surface area contributed by atoms with Crippen LogP contribution in [0.3, 0.4) is 0 Å². The van der Waals surface area contributed by atoms with E-state index in [0.717, 1.165) is 43.0 Å². The molecule has 0 radical (unpaired) electrons. The van der Waals surface area contributed by atoms with E-state index in [1.807, 2.05) is 24.7 Å². The highest BCUT2D eigenvalue weighted by atomic mass is 32.1. The lowest BCUT2D eigenvalue weighted by Crippen LogP contribution is -2.49. The second-order valence-corrected chi connectivity index (χ2v) is 6.43. The number of likely N-dealkylation sites (tertiary alicyclic amines) is 1. The van der Waals surface area contributed by atoms with Gasteiger partial charge in [-0.1, -0.05) is 12.5 Å². The van der Waals surface area contributed by atoms with E-state index in [1.165, 1.54) is 11.3 Å². The molecule has 1 atom stereocenters. The van der Waals surface area contributed by atoms with Gasteiger partial charge in [-0.2, -0.15) is 0 Å². The Morgan fingerprint density at radius 2 is 2.36 bits per heavy atom. The highest BCUT2D eigenvalue weighted by Crippen LogP contribution is 2.24. The second kappa shape index (κ2) is 6.98. The van der Waals surface area contributed by atoms with Crippen LogP contribution < -0.4 is 4.90 Å². The van der Waals surface area contributed by atoms with Gasteiger partial charge in [0, 0.05) is 37.6 Å². The summed E-state index contributed by atoms with van der Waals surface area (Å²) >= 11 is 1.49. The summed E-state index contributed by atoms with van der Waals surface area (Å²) in [6.07, 6.45) is 8.54. The Hall–Kier alpha value is -1.79. The third kappa shape index (κ3) is 3.34. The normalized spacial score (nSPS) is 19.0. The predicted octanol–water partition coefficient (Wildman–Crippen LogP) is 2.56. The summed E-state index contributed by atoms with van der Waals surface area (Å²) in [6.45, 7) is 1.73. The number of aromatic nitrogens is 2. The average molecular weight is 316 g/mol. The molecule has 1 saturated heterocycles. The third-order valence-corrected chi connectivity index (χ3v) is 4.89. The molecule has 3 heterocycles. The number of rotatable bonds is 4. The van der Waals surface area contributed by atoms with Crippen LogP contribution in [0, 0.1) is 0 Å². The van der Waals surface area contributed by atoms with E-state index in [0.29, 0.717) is 0 Å². The summed E-state index contributed by atoms with van der Waals surface area (Å²) in [5, 5.41) is 2.66. The van der Waals surface area contributed by atoms with Crippen molar-refractivity contribution < 1.29 is 4.79 Å². The average Bonchev–Trinajstić information content (AvgIpc) is 3.09. The number of carbonyl (C=O) groups excluding carboxylic acids is 1. The lowest BCUT2D eigenvalue weighted by atomic mass is 10.0. The molecule has 0 spiro atoms. The monoisotopic (exact) mass is 316 g/mol. The molecule has 5 nitrogen and oxygen atoms in total. The predicted molar refractivity (Wildman–Crippen MR) is 87.8 cm³/mol. The first kappa shape index (κ1) is 15.1. The van der Waals surface area contributed by atoms with Crippen molar-refractivity contribution in [3.63, 3.8) is 0 Å². The fourth-order valence-electron chi connectivity index (χ4n) is 2.89. The van der Waals surface area contributed by atoms with Gasteiger partial charge in [0.15, 0.2) is 5.13 Å². The number of hydrogen-bond acceptors (Lipinski definition) is 5. The molecule has 1 aliphatic rings. The second-order valence-electron chi connectivity index (χ2n) is 5.56. The van der Waals surface area contributed by atoms with Crippen molar-refractivity contribution in [2.75, 3.05) is 18.5 Å². The molecule has 1 unspecified atom stereocenters. The number of thiazole rings is 1. The molecule has 3 rings (SSSR count). The maximum absolute atomic E-state index is 12.8. The van der Waals surface area contributed by atoms with Gasteiger partial charge in [-0.3, -0.25) is 19.6 Å². The third-order valence-electron chi connectivity index (χ3n) is 4.04. The van der Waals surface area contributed by atoms with Crippen molar-refractivity contribution in [2.24, 2.45) is 0 Å². The molecule has 0 bridgehead atoms. The highest BCUT2D eigenvalue weighted by Gasteiger charge is 2.31. The van der Waals surface area contributed by atoms with E-state index in [-0.39, 0.29) is 11.9 Å². The van der Waals surface area contributed by atoms with Crippen LogP contribution in [0.25, 0.3) is 0 Å².